The van der Waals surface area contributed by atoms with E-state index < -0.39 is 0 Å². The van der Waals surface area contributed by atoms with E-state index in [-0.39, 0.29) is 17.5 Å². The summed E-state index contributed by atoms with van der Waals surface area (Å²) in [4.78, 5) is 12.8. The smallest absolute Gasteiger partial charge is 0.306 e. The predicted molar refractivity (Wildman–Crippen MR) is 162 cm³/mol. The molecule has 0 amide bonds. The molecule has 0 aliphatic heterocycles. The molecule has 5 unspecified atom stereocenters. The third-order valence-electron chi connectivity index (χ3n) is 10.9. The van der Waals surface area contributed by atoms with E-state index in [1.807, 2.05) is 12.1 Å². The fourth-order valence-electron chi connectivity index (χ4n) is 8.57. The Hall–Kier alpha value is -1.51. The van der Waals surface area contributed by atoms with Crippen LogP contribution in [0.15, 0.2) is 18.2 Å². The van der Waals surface area contributed by atoms with Crippen molar-refractivity contribution in [2.75, 3.05) is 0 Å². The summed E-state index contributed by atoms with van der Waals surface area (Å²) in [5.74, 6) is 2.40. The van der Waals surface area contributed by atoms with E-state index in [9.17, 15) is 9.90 Å². The molecule has 1 N–H and O–H groups in total. The highest BCUT2D eigenvalue weighted by Crippen LogP contribution is 2.61. The number of carbonyl (C=O) groups excluding carboxylic acids is 1. The lowest BCUT2D eigenvalue weighted by atomic mass is 9.55. The number of aryl methyl sites for hydroxylation is 1. The first kappa shape index (κ1) is 30.4. The van der Waals surface area contributed by atoms with Crippen LogP contribution in [0.25, 0.3) is 0 Å². The van der Waals surface area contributed by atoms with E-state index in [0.717, 1.165) is 32.1 Å². The lowest BCUT2D eigenvalue weighted by Gasteiger charge is -2.50. The minimum atomic E-state index is 0.0446. The standard InChI is InChI=1S/C36H58O3/c1-3-4-5-6-7-8-9-10-11-12-13-14-15-16-17-18-35(38)39-34-24-23-33-32-21-19-28-27-29(37)20-22-30(28)31(32)25-26-36(33,34)2/h20,22,27,31-34,37H,3-19,21,23-26H2,1-2H3. The molecule has 1 aromatic carbocycles. The molecule has 5 atom stereocenters. The van der Waals surface area contributed by atoms with Gasteiger partial charge in [-0.1, -0.05) is 110 Å². The van der Waals surface area contributed by atoms with Crippen molar-refractivity contribution in [2.45, 2.75) is 167 Å². The van der Waals surface area contributed by atoms with Crippen molar-refractivity contribution in [3.63, 3.8) is 0 Å². The van der Waals surface area contributed by atoms with E-state index in [1.165, 1.54) is 114 Å². The van der Waals surface area contributed by atoms with Gasteiger partial charge in [0.15, 0.2) is 0 Å². The van der Waals surface area contributed by atoms with Gasteiger partial charge in [0.2, 0.25) is 0 Å². The summed E-state index contributed by atoms with van der Waals surface area (Å²) in [7, 11) is 0. The molecular weight excluding hydrogens is 480 g/mol. The zero-order valence-corrected chi connectivity index (χ0v) is 25.4. The number of ether oxygens (including phenoxy) is 1. The van der Waals surface area contributed by atoms with Crippen LogP contribution in [-0.2, 0) is 16.0 Å². The molecule has 4 rings (SSSR count). The normalized spacial score (nSPS) is 27.5. The number of unbranched alkanes of at least 4 members (excludes halogenated alkanes) is 14. The first-order valence-electron chi connectivity index (χ1n) is 17.0. The van der Waals surface area contributed by atoms with Crippen LogP contribution in [0.1, 0.15) is 166 Å². The minimum absolute atomic E-state index is 0.0446. The van der Waals surface area contributed by atoms with Crippen LogP contribution >= 0.6 is 0 Å². The van der Waals surface area contributed by atoms with Crippen molar-refractivity contribution in [3.05, 3.63) is 29.3 Å². The van der Waals surface area contributed by atoms with Gasteiger partial charge in [-0.3, -0.25) is 4.79 Å². The Balaban J connectivity index is 1.06. The van der Waals surface area contributed by atoms with Gasteiger partial charge in [-0.2, -0.15) is 0 Å². The lowest BCUT2D eigenvalue weighted by molar-refractivity contribution is -0.157. The van der Waals surface area contributed by atoms with Gasteiger partial charge in [0, 0.05) is 11.8 Å². The molecule has 2 fully saturated rings. The Morgan fingerprint density at radius 2 is 1.46 bits per heavy atom. The highest BCUT2D eigenvalue weighted by Gasteiger charge is 2.56. The topological polar surface area (TPSA) is 46.5 Å². The second-order valence-electron chi connectivity index (χ2n) is 13.6. The van der Waals surface area contributed by atoms with E-state index in [2.05, 4.69) is 19.9 Å². The number of rotatable bonds is 17. The number of phenolic OH excluding ortho intramolecular Hbond substituents is 1. The fraction of sp³-hybridized carbons (Fsp3) is 0.806. The van der Waals surface area contributed by atoms with Gasteiger partial charge in [0.1, 0.15) is 11.9 Å². The number of hydrogen-bond acceptors (Lipinski definition) is 3. The van der Waals surface area contributed by atoms with Gasteiger partial charge in [-0.15, -0.1) is 0 Å². The Kier molecular flexibility index (Phi) is 12.1. The van der Waals surface area contributed by atoms with Gasteiger partial charge in [-0.05, 0) is 86.0 Å². The number of carbonyl (C=O) groups is 1. The Labute approximate surface area is 239 Å². The summed E-state index contributed by atoms with van der Waals surface area (Å²) in [6, 6.07) is 6.02. The number of esters is 1. The highest BCUT2D eigenvalue weighted by molar-refractivity contribution is 5.69. The maximum atomic E-state index is 12.8. The maximum absolute atomic E-state index is 12.8. The van der Waals surface area contributed by atoms with Crippen molar-refractivity contribution in [2.24, 2.45) is 17.3 Å². The first-order valence-corrected chi connectivity index (χ1v) is 17.0. The van der Waals surface area contributed by atoms with Crippen molar-refractivity contribution >= 4 is 5.97 Å². The Bertz CT molecular complexity index is 878. The summed E-state index contributed by atoms with van der Waals surface area (Å²) in [5.41, 5.74) is 2.96. The van der Waals surface area contributed by atoms with Crippen LogP contribution in [-0.4, -0.2) is 17.2 Å². The van der Waals surface area contributed by atoms with Gasteiger partial charge < -0.3 is 9.84 Å². The molecule has 2 saturated carbocycles. The molecule has 0 spiro atoms. The molecule has 39 heavy (non-hydrogen) atoms. The zero-order chi connectivity index (χ0) is 27.5. The lowest BCUT2D eigenvalue weighted by Crippen LogP contribution is -2.45. The van der Waals surface area contributed by atoms with Crippen LogP contribution in [0.4, 0.5) is 0 Å². The molecule has 220 valence electrons. The Morgan fingerprint density at radius 1 is 0.846 bits per heavy atom. The van der Waals surface area contributed by atoms with Crippen LogP contribution in [0.5, 0.6) is 5.75 Å². The third kappa shape index (κ3) is 8.26. The zero-order valence-electron chi connectivity index (χ0n) is 25.4. The third-order valence-corrected chi connectivity index (χ3v) is 10.9. The molecule has 0 radical (unpaired) electrons. The molecule has 0 bridgehead atoms. The van der Waals surface area contributed by atoms with E-state index in [4.69, 9.17) is 4.74 Å². The van der Waals surface area contributed by atoms with Crippen LogP contribution < -0.4 is 0 Å². The van der Waals surface area contributed by atoms with Crippen molar-refractivity contribution in [1.29, 1.82) is 0 Å². The molecule has 3 aliphatic rings. The average Bonchev–Trinajstić information content (AvgIpc) is 3.26. The molecule has 1 aromatic rings. The second-order valence-corrected chi connectivity index (χ2v) is 13.6. The summed E-state index contributed by atoms with van der Waals surface area (Å²) in [6.45, 7) is 4.70. The van der Waals surface area contributed by atoms with Crippen LogP contribution in [0, 0.1) is 17.3 Å². The number of fused-ring (bicyclic) bond motifs is 5. The number of hydrogen-bond donors (Lipinski definition) is 1. The number of phenols is 1. The monoisotopic (exact) mass is 538 g/mol. The average molecular weight is 539 g/mol. The van der Waals surface area contributed by atoms with Gasteiger partial charge in [-0.25, -0.2) is 0 Å². The Morgan fingerprint density at radius 3 is 2.10 bits per heavy atom. The van der Waals surface area contributed by atoms with Gasteiger partial charge in [0.05, 0.1) is 0 Å². The first-order chi connectivity index (χ1) is 19.0. The van der Waals surface area contributed by atoms with Crippen LogP contribution in [0.2, 0.25) is 0 Å². The number of aromatic hydroxyl groups is 1. The van der Waals surface area contributed by atoms with Gasteiger partial charge in [0.25, 0.3) is 0 Å². The van der Waals surface area contributed by atoms with Crippen molar-refractivity contribution < 1.29 is 14.6 Å². The molecule has 0 heterocycles. The molecule has 3 heteroatoms. The molecule has 3 aliphatic carbocycles. The second kappa shape index (κ2) is 15.5. The summed E-state index contributed by atoms with van der Waals surface area (Å²) >= 11 is 0. The van der Waals surface area contributed by atoms with E-state index >= 15 is 0 Å². The predicted octanol–water partition coefficient (Wildman–Crippen LogP) is 10.4. The molecule has 0 saturated heterocycles. The van der Waals surface area contributed by atoms with Crippen molar-refractivity contribution in [3.8, 4) is 5.75 Å². The molecular formula is C36H58O3. The van der Waals surface area contributed by atoms with Gasteiger partial charge >= 0.3 is 5.97 Å². The SMILES string of the molecule is CCCCCCCCCCCCCCCCCC(=O)OC1CCC2C3CCc4cc(O)ccc4C3CCC12C. The van der Waals surface area contributed by atoms with Crippen LogP contribution in [0.3, 0.4) is 0 Å². The molecule has 3 nitrogen and oxygen atoms in total. The minimum Gasteiger partial charge on any atom is -0.508 e. The molecule has 0 aromatic heterocycles. The fourth-order valence-corrected chi connectivity index (χ4v) is 8.57. The quantitative estimate of drug-likeness (QED) is 0.158. The summed E-state index contributed by atoms with van der Waals surface area (Å²) in [6.07, 6.45) is 27.7. The largest absolute Gasteiger partial charge is 0.508 e. The van der Waals surface area contributed by atoms with E-state index in [1.54, 1.807) is 0 Å². The van der Waals surface area contributed by atoms with Crippen molar-refractivity contribution in [1.82, 2.24) is 0 Å². The van der Waals surface area contributed by atoms with E-state index in [0.29, 0.717) is 29.9 Å². The summed E-state index contributed by atoms with van der Waals surface area (Å²) in [5, 5.41) is 9.93. The number of benzene rings is 1. The maximum Gasteiger partial charge on any atom is 0.306 e. The highest BCUT2D eigenvalue weighted by atomic mass is 16.5. The summed E-state index contributed by atoms with van der Waals surface area (Å²) < 4.78 is 6.20.